The minimum atomic E-state index is 0.495. The number of imidazole rings is 1. The lowest BCUT2D eigenvalue weighted by atomic mass is 10.2. The number of nitrogens with zero attached hydrogens (tertiary/aromatic N) is 2. The van der Waals surface area contributed by atoms with E-state index in [0.717, 1.165) is 28.0 Å². The van der Waals surface area contributed by atoms with Gasteiger partial charge in [-0.25, -0.2) is 4.98 Å². The van der Waals surface area contributed by atoms with E-state index in [2.05, 4.69) is 15.0 Å². The van der Waals surface area contributed by atoms with Crippen molar-refractivity contribution in [2.24, 2.45) is 5.73 Å². The van der Waals surface area contributed by atoms with E-state index < -0.39 is 0 Å². The van der Waals surface area contributed by atoms with E-state index in [4.69, 9.17) is 5.73 Å². The maximum absolute atomic E-state index is 5.70. The van der Waals surface area contributed by atoms with Crippen LogP contribution in [-0.4, -0.2) is 15.0 Å². The molecule has 3 rings (SSSR count). The lowest BCUT2D eigenvalue weighted by molar-refractivity contribution is 1.08. The summed E-state index contributed by atoms with van der Waals surface area (Å²) in [5.74, 6) is 0.828. The fraction of sp³-hybridized carbons (Fsp3) is 0.0769. The van der Waals surface area contributed by atoms with Gasteiger partial charge in [0.2, 0.25) is 0 Å². The van der Waals surface area contributed by atoms with Gasteiger partial charge in [-0.3, -0.25) is 4.98 Å². The van der Waals surface area contributed by atoms with Crippen molar-refractivity contribution in [1.29, 1.82) is 0 Å². The van der Waals surface area contributed by atoms with E-state index in [9.17, 15) is 0 Å². The summed E-state index contributed by atoms with van der Waals surface area (Å²) < 4.78 is 0. The lowest BCUT2D eigenvalue weighted by Gasteiger charge is -1.95. The zero-order valence-corrected chi connectivity index (χ0v) is 9.22. The highest BCUT2D eigenvalue weighted by Gasteiger charge is 2.07. The molecule has 0 aliphatic carbocycles. The normalized spacial score (nSPS) is 10.9. The first-order valence-corrected chi connectivity index (χ1v) is 5.46. The molecule has 0 spiro atoms. The first-order chi connectivity index (χ1) is 8.38. The van der Waals surface area contributed by atoms with Crippen LogP contribution in [0.15, 0.2) is 42.7 Å². The van der Waals surface area contributed by atoms with Gasteiger partial charge in [-0.1, -0.05) is 12.1 Å². The summed E-state index contributed by atoms with van der Waals surface area (Å²) in [6.45, 7) is 0.495. The van der Waals surface area contributed by atoms with Gasteiger partial charge in [0.15, 0.2) is 0 Å². The molecule has 17 heavy (non-hydrogen) atoms. The van der Waals surface area contributed by atoms with Crippen molar-refractivity contribution in [3.05, 3.63) is 48.3 Å². The van der Waals surface area contributed by atoms with Gasteiger partial charge in [0.05, 0.1) is 11.0 Å². The van der Waals surface area contributed by atoms with Gasteiger partial charge in [-0.2, -0.15) is 0 Å². The summed E-state index contributed by atoms with van der Waals surface area (Å²) in [5.41, 5.74) is 9.67. The molecule has 0 aliphatic heterocycles. The van der Waals surface area contributed by atoms with Gasteiger partial charge in [0, 0.05) is 24.5 Å². The molecule has 0 fully saturated rings. The van der Waals surface area contributed by atoms with E-state index in [1.807, 2.05) is 30.3 Å². The molecule has 2 aromatic heterocycles. The third-order valence-corrected chi connectivity index (χ3v) is 2.75. The lowest BCUT2D eigenvalue weighted by Crippen LogP contribution is -1.96. The third-order valence-electron chi connectivity index (χ3n) is 2.75. The van der Waals surface area contributed by atoms with Crippen LogP contribution in [-0.2, 0) is 6.54 Å². The Labute approximate surface area is 98.5 Å². The van der Waals surface area contributed by atoms with Crippen molar-refractivity contribution in [1.82, 2.24) is 15.0 Å². The average molecular weight is 224 g/mol. The van der Waals surface area contributed by atoms with Gasteiger partial charge < -0.3 is 10.7 Å². The zero-order valence-electron chi connectivity index (χ0n) is 9.22. The molecule has 0 atom stereocenters. The SMILES string of the molecule is NCc1cccc2[nH]c(-c3cccnc3)nc12. The van der Waals surface area contributed by atoms with Gasteiger partial charge in [-0.05, 0) is 23.8 Å². The van der Waals surface area contributed by atoms with E-state index in [0.29, 0.717) is 6.54 Å². The topological polar surface area (TPSA) is 67.6 Å². The van der Waals surface area contributed by atoms with Crippen LogP contribution in [0.5, 0.6) is 0 Å². The Kier molecular flexibility index (Phi) is 2.34. The number of aromatic amines is 1. The van der Waals surface area contributed by atoms with Crippen LogP contribution in [0.3, 0.4) is 0 Å². The number of hydrogen-bond acceptors (Lipinski definition) is 3. The van der Waals surface area contributed by atoms with Crippen molar-refractivity contribution in [2.45, 2.75) is 6.54 Å². The molecule has 0 amide bonds. The Morgan fingerprint density at radius 3 is 2.88 bits per heavy atom. The highest BCUT2D eigenvalue weighted by Crippen LogP contribution is 2.21. The monoisotopic (exact) mass is 224 g/mol. The highest BCUT2D eigenvalue weighted by atomic mass is 14.9. The van der Waals surface area contributed by atoms with Crippen LogP contribution in [0.2, 0.25) is 0 Å². The molecule has 4 nitrogen and oxygen atoms in total. The van der Waals surface area contributed by atoms with E-state index in [1.165, 1.54) is 0 Å². The summed E-state index contributed by atoms with van der Waals surface area (Å²) in [4.78, 5) is 11.9. The number of H-pyrrole nitrogens is 1. The van der Waals surface area contributed by atoms with Crippen LogP contribution < -0.4 is 5.73 Å². The molecule has 0 bridgehead atoms. The molecule has 0 radical (unpaired) electrons. The Morgan fingerprint density at radius 2 is 2.12 bits per heavy atom. The van der Waals surface area contributed by atoms with Crippen LogP contribution in [0.4, 0.5) is 0 Å². The summed E-state index contributed by atoms with van der Waals surface area (Å²) in [6, 6.07) is 9.85. The number of pyridine rings is 1. The van der Waals surface area contributed by atoms with E-state index in [1.54, 1.807) is 12.4 Å². The summed E-state index contributed by atoms with van der Waals surface area (Å²) in [7, 11) is 0. The number of para-hydroxylation sites is 1. The maximum Gasteiger partial charge on any atom is 0.140 e. The summed E-state index contributed by atoms with van der Waals surface area (Å²) in [5, 5.41) is 0. The van der Waals surface area contributed by atoms with Gasteiger partial charge in [0.1, 0.15) is 5.82 Å². The molecule has 3 aromatic rings. The largest absolute Gasteiger partial charge is 0.338 e. The Hall–Kier alpha value is -2.20. The summed E-state index contributed by atoms with van der Waals surface area (Å²) >= 11 is 0. The van der Waals surface area contributed by atoms with Crippen LogP contribution in [0, 0.1) is 0 Å². The van der Waals surface area contributed by atoms with Crippen LogP contribution in [0.25, 0.3) is 22.4 Å². The van der Waals surface area contributed by atoms with E-state index in [-0.39, 0.29) is 0 Å². The van der Waals surface area contributed by atoms with Gasteiger partial charge >= 0.3 is 0 Å². The molecule has 0 aliphatic rings. The van der Waals surface area contributed by atoms with Crippen molar-refractivity contribution in [2.75, 3.05) is 0 Å². The predicted molar refractivity (Wildman–Crippen MR) is 67.2 cm³/mol. The minimum Gasteiger partial charge on any atom is -0.338 e. The molecule has 0 unspecified atom stereocenters. The fourth-order valence-electron chi connectivity index (χ4n) is 1.90. The summed E-state index contributed by atoms with van der Waals surface area (Å²) in [6.07, 6.45) is 3.54. The Balaban J connectivity index is 2.20. The number of rotatable bonds is 2. The smallest absolute Gasteiger partial charge is 0.140 e. The second kappa shape index (κ2) is 3.99. The van der Waals surface area contributed by atoms with Crippen molar-refractivity contribution < 1.29 is 0 Å². The second-order valence-corrected chi connectivity index (χ2v) is 3.84. The number of fused-ring (bicyclic) bond motifs is 1. The number of nitrogens with one attached hydrogen (secondary N) is 1. The Bertz CT molecular complexity index is 643. The molecular weight excluding hydrogens is 212 g/mol. The van der Waals surface area contributed by atoms with E-state index >= 15 is 0 Å². The maximum atomic E-state index is 5.70. The first kappa shape index (κ1) is 9.99. The van der Waals surface area contributed by atoms with Crippen LogP contribution >= 0.6 is 0 Å². The predicted octanol–water partition coefficient (Wildman–Crippen LogP) is 2.08. The van der Waals surface area contributed by atoms with Crippen molar-refractivity contribution >= 4 is 11.0 Å². The fourth-order valence-corrected chi connectivity index (χ4v) is 1.90. The molecule has 84 valence electrons. The van der Waals surface area contributed by atoms with Crippen molar-refractivity contribution in [3.8, 4) is 11.4 Å². The van der Waals surface area contributed by atoms with Gasteiger partial charge in [-0.15, -0.1) is 0 Å². The zero-order chi connectivity index (χ0) is 11.7. The average Bonchev–Trinajstić information content (AvgIpc) is 2.83. The standard InChI is InChI=1S/C13H12N4/c14-7-9-3-1-5-11-12(9)17-13(16-11)10-4-2-6-15-8-10/h1-6,8H,7,14H2,(H,16,17). The molecule has 0 saturated heterocycles. The first-order valence-electron chi connectivity index (χ1n) is 5.46. The molecule has 3 N–H and O–H groups in total. The second-order valence-electron chi connectivity index (χ2n) is 3.84. The van der Waals surface area contributed by atoms with Gasteiger partial charge in [0.25, 0.3) is 0 Å². The molecule has 4 heteroatoms. The highest BCUT2D eigenvalue weighted by molar-refractivity contribution is 5.82. The minimum absolute atomic E-state index is 0.495. The molecule has 1 aromatic carbocycles. The number of benzene rings is 1. The molecular formula is C13H12N4. The molecule has 0 saturated carbocycles. The third kappa shape index (κ3) is 1.68. The Morgan fingerprint density at radius 1 is 1.18 bits per heavy atom. The molecule has 2 heterocycles. The quantitative estimate of drug-likeness (QED) is 0.700. The number of hydrogen-bond donors (Lipinski definition) is 2. The van der Waals surface area contributed by atoms with Crippen molar-refractivity contribution in [3.63, 3.8) is 0 Å². The number of aromatic nitrogens is 3. The number of nitrogens with two attached hydrogens (primary N) is 1. The van der Waals surface area contributed by atoms with Crippen LogP contribution in [0.1, 0.15) is 5.56 Å².